The van der Waals surface area contributed by atoms with E-state index in [1.54, 1.807) is 7.11 Å². The molecule has 0 radical (unpaired) electrons. The van der Waals surface area contributed by atoms with Crippen LogP contribution < -0.4 is 15.8 Å². The van der Waals surface area contributed by atoms with E-state index in [4.69, 9.17) is 10.5 Å². The first-order valence-electron chi connectivity index (χ1n) is 6.26. The Morgan fingerprint density at radius 1 is 1.50 bits per heavy atom. The van der Waals surface area contributed by atoms with Crippen molar-refractivity contribution < 1.29 is 9.53 Å². The molecular formula is C14H20N2O2. The molecule has 2 rings (SSSR count). The monoisotopic (exact) mass is 248 g/mol. The molecule has 1 aliphatic rings. The molecule has 18 heavy (non-hydrogen) atoms. The summed E-state index contributed by atoms with van der Waals surface area (Å²) in [5.41, 5.74) is 7.57. The molecule has 4 nitrogen and oxygen atoms in total. The second-order valence-electron chi connectivity index (χ2n) is 5.14. The third-order valence-corrected chi connectivity index (χ3v) is 3.49. The zero-order valence-electron chi connectivity index (χ0n) is 11.0. The molecular weight excluding hydrogens is 228 g/mol. The van der Waals surface area contributed by atoms with Crippen LogP contribution in [0, 0.1) is 6.92 Å². The van der Waals surface area contributed by atoms with Crippen molar-refractivity contribution >= 4 is 11.6 Å². The average molecular weight is 248 g/mol. The highest BCUT2D eigenvalue weighted by atomic mass is 16.5. The van der Waals surface area contributed by atoms with Crippen LogP contribution in [0.2, 0.25) is 0 Å². The number of ether oxygens (including phenoxy) is 1. The summed E-state index contributed by atoms with van der Waals surface area (Å²) in [5.74, 6) is 0.634. The van der Waals surface area contributed by atoms with Crippen molar-refractivity contribution in [3.63, 3.8) is 0 Å². The van der Waals surface area contributed by atoms with Crippen LogP contribution in [0.15, 0.2) is 18.2 Å². The van der Waals surface area contributed by atoms with Gasteiger partial charge in [0.15, 0.2) is 0 Å². The normalized spacial score (nSPS) is 16.8. The fourth-order valence-corrected chi connectivity index (χ4v) is 2.24. The number of anilines is 1. The van der Waals surface area contributed by atoms with E-state index in [2.05, 4.69) is 5.32 Å². The van der Waals surface area contributed by atoms with Crippen molar-refractivity contribution in [2.24, 2.45) is 5.73 Å². The largest absolute Gasteiger partial charge is 0.495 e. The summed E-state index contributed by atoms with van der Waals surface area (Å²) < 4.78 is 5.23. The Labute approximate surface area is 108 Å². The van der Waals surface area contributed by atoms with E-state index < -0.39 is 0 Å². The van der Waals surface area contributed by atoms with Gasteiger partial charge in [-0.25, -0.2) is 0 Å². The van der Waals surface area contributed by atoms with E-state index in [9.17, 15) is 4.79 Å². The van der Waals surface area contributed by atoms with Crippen molar-refractivity contribution in [1.29, 1.82) is 0 Å². The van der Waals surface area contributed by atoms with E-state index in [-0.39, 0.29) is 11.4 Å². The minimum atomic E-state index is -0.291. The number of hydrogen-bond donors (Lipinski definition) is 2. The molecule has 1 amide bonds. The third kappa shape index (κ3) is 2.82. The minimum absolute atomic E-state index is 0.0406. The number of carbonyl (C=O) groups is 1. The standard InChI is InChI=1S/C14H20N2O2/c1-10-4-5-12(18-2)11(8-10)16-13(17)9-14(15)6-3-7-14/h4-5,8H,3,6-7,9,15H2,1-2H3,(H,16,17). The van der Waals surface area contributed by atoms with Gasteiger partial charge in [-0.3, -0.25) is 4.79 Å². The molecule has 1 aromatic rings. The number of hydrogen-bond acceptors (Lipinski definition) is 3. The van der Waals surface area contributed by atoms with Crippen LogP contribution in [-0.4, -0.2) is 18.6 Å². The highest BCUT2D eigenvalue weighted by Gasteiger charge is 2.34. The Morgan fingerprint density at radius 3 is 2.78 bits per heavy atom. The summed E-state index contributed by atoms with van der Waals surface area (Å²) >= 11 is 0. The second-order valence-corrected chi connectivity index (χ2v) is 5.14. The number of amides is 1. The number of nitrogens with one attached hydrogen (secondary N) is 1. The van der Waals surface area contributed by atoms with Crippen LogP contribution in [0.3, 0.4) is 0 Å². The Balaban J connectivity index is 2.04. The summed E-state index contributed by atoms with van der Waals surface area (Å²) in [4.78, 5) is 12.0. The molecule has 98 valence electrons. The SMILES string of the molecule is COc1ccc(C)cc1NC(=O)CC1(N)CCC1. The molecule has 1 fully saturated rings. The maximum atomic E-state index is 12.0. The topological polar surface area (TPSA) is 64.3 Å². The van der Waals surface area contributed by atoms with E-state index in [1.165, 1.54) is 0 Å². The maximum absolute atomic E-state index is 12.0. The third-order valence-electron chi connectivity index (χ3n) is 3.49. The molecule has 4 heteroatoms. The van der Waals surface area contributed by atoms with Crippen molar-refractivity contribution in [2.45, 2.75) is 38.1 Å². The molecule has 0 unspecified atom stereocenters. The highest BCUT2D eigenvalue weighted by Crippen LogP contribution is 2.33. The van der Waals surface area contributed by atoms with Crippen LogP contribution in [-0.2, 0) is 4.79 Å². The van der Waals surface area contributed by atoms with Crippen molar-refractivity contribution in [3.05, 3.63) is 23.8 Å². The molecule has 0 aliphatic heterocycles. The number of nitrogens with two attached hydrogens (primary N) is 1. The van der Waals surface area contributed by atoms with Gasteiger partial charge in [-0.1, -0.05) is 6.07 Å². The number of methoxy groups -OCH3 is 1. The number of aryl methyl sites for hydroxylation is 1. The Bertz CT molecular complexity index is 453. The van der Waals surface area contributed by atoms with Gasteiger partial charge in [0, 0.05) is 12.0 Å². The van der Waals surface area contributed by atoms with Crippen LogP contribution in [0.1, 0.15) is 31.2 Å². The van der Waals surface area contributed by atoms with Crippen molar-refractivity contribution in [1.82, 2.24) is 0 Å². The van der Waals surface area contributed by atoms with E-state index in [0.717, 1.165) is 24.8 Å². The minimum Gasteiger partial charge on any atom is -0.495 e. The molecule has 0 atom stereocenters. The molecule has 3 N–H and O–H groups in total. The van der Waals surface area contributed by atoms with E-state index >= 15 is 0 Å². The molecule has 0 bridgehead atoms. The van der Waals surface area contributed by atoms with E-state index in [1.807, 2.05) is 25.1 Å². The summed E-state index contributed by atoms with van der Waals surface area (Å²) in [6.07, 6.45) is 3.37. The van der Waals surface area contributed by atoms with Crippen LogP contribution >= 0.6 is 0 Å². The Kier molecular flexibility index (Phi) is 3.57. The Hall–Kier alpha value is -1.55. The van der Waals surface area contributed by atoms with Gasteiger partial charge in [-0.05, 0) is 43.9 Å². The smallest absolute Gasteiger partial charge is 0.226 e. The van der Waals surface area contributed by atoms with Gasteiger partial charge in [0.05, 0.1) is 12.8 Å². The van der Waals surface area contributed by atoms with Crippen molar-refractivity contribution in [2.75, 3.05) is 12.4 Å². The lowest BCUT2D eigenvalue weighted by Crippen LogP contribution is -2.48. The molecule has 0 aromatic heterocycles. The summed E-state index contributed by atoms with van der Waals surface area (Å²) in [5, 5.41) is 2.88. The fourth-order valence-electron chi connectivity index (χ4n) is 2.24. The second kappa shape index (κ2) is 4.98. The predicted molar refractivity (Wildman–Crippen MR) is 71.7 cm³/mol. The summed E-state index contributed by atoms with van der Waals surface area (Å²) in [6, 6.07) is 5.71. The summed E-state index contributed by atoms with van der Waals surface area (Å²) in [6.45, 7) is 1.98. The molecule has 0 heterocycles. The van der Waals surface area contributed by atoms with Gasteiger partial charge < -0.3 is 15.8 Å². The lowest BCUT2D eigenvalue weighted by molar-refractivity contribution is -0.118. The lowest BCUT2D eigenvalue weighted by Gasteiger charge is -2.37. The molecule has 0 spiro atoms. The number of benzene rings is 1. The average Bonchev–Trinajstić information content (AvgIpc) is 2.27. The molecule has 1 saturated carbocycles. The van der Waals surface area contributed by atoms with Gasteiger partial charge in [0.1, 0.15) is 5.75 Å². The summed E-state index contributed by atoms with van der Waals surface area (Å²) in [7, 11) is 1.59. The molecule has 1 aliphatic carbocycles. The fraction of sp³-hybridized carbons (Fsp3) is 0.500. The first-order chi connectivity index (χ1) is 8.52. The highest BCUT2D eigenvalue weighted by molar-refractivity contribution is 5.93. The van der Waals surface area contributed by atoms with Crippen molar-refractivity contribution in [3.8, 4) is 5.75 Å². The molecule has 1 aromatic carbocycles. The lowest BCUT2D eigenvalue weighted by atomic mass is 9.75. The van der Waals surface area contributed by atoms with Gasteiger partial charge >= 0.3 is 0 Å². The van der Waals surface area contributed by atoms with E-state index in [0.29, 0.717) is 17.9 Å². The number of rotatable bonds is 4. The zero-order chi connectivity index (χ0) is 13.2. The van der Waals surface area contributed by atoms with Gasteiger partial charge in [0.2, 0.25) is 5.91 Å². The van der Waals surface area contributed by atoms with Crippen LogP contribution in [0.25, 0.3) is 0 Å². The molecule has 0 saturated heterocycles. The Morgan fingerprint density at radius 2 is 2.22 bits per heavy atom. The number of carbonyl (C=O) groups excluding carboxylic acids is 1. The van der Waals surface area contributed by atoms with Gasteiger partial charge in [-0.2, -0.15) is 0 Å². The first kappa shape index (κ1) is 12.9. The van der Waals surface area contributed by atoms with Gasteiger partial charge in [0.25, 0.3) is 0 Å². The zero-order valence-corrected chi connectivity index (χ0v) is 11.0. The quantitative estimate of drug-likeness (QED) is 0.858. The maximum Gasteiger partial charge on any atom is 0.226 e. The van der Waals surface area contributed by atoms with Crippen LogP contribution in [0.4, 0.5) is 5.69 Å². The predicted octanol–water partition coefficient (Wildman–Crippen LogP) is 2.21. The first-order valence-corrected chi connectivity index (χ1v) is 6.26. The van der Waals surface area contributed by atoms with Gasteiger partial charge in [-0.15, -0.1) is 0 Å². The van der Waals surface area contributed by atoms with Crippen LogP contribution in [0.5, 0.6) is 5.75 Å².